The molecule has 1 aromatic carbocycles. The highest BCUT2D eigenvalue weighted by Crippen LogP contribution is 2.23. The Labute approximate surface area is 142 Å². The third kappa shape index (κ3) is 4.06. The van der Waals surface area contributed by atoms with Gasteiger partial charge in [0.15, 0.2) is 0 Å². The van der Waals surface area contributed by atoms with Crippen molar-refractivity contribution in [1.82, 2.24) is 4.90 Å². The van der Waals surface area contributed by atoms with Gasteiger partial charge in [0.1, 0.15) is 5.75 Å². The fourth-order valence-corrected chi connectivity index (χ4v) is 3.20. The second-order valence-corrected chi connectivity index (χ2v) is 6.28. The molecule has 1 aromatic rings. The molecule has 1 N–H and O–H groups in total. The molecule has 0 radical (unpaired) electrons. The van der Waals surface area contributed by atoms with Crippen molar-refractivity contribution in [3.8, 4) is 5.75 Å². The average molecular weight is 332 g/mol. The first-order valence-electron chi connectivity index (χ1n) is 8.59. The molecule has 2 amide bonds. The lowest BCUT2D eigenvalue weighted by Crippen LogP contribution is -2.34. The van der Waals surface area contributed by atoms with Crippen LogP contribution in [-0.4, -0.2) is 49.1 Å². The fraction of sp³-hybridized carbons (Fsp3) is 0.556. The molecule has 2 saturated heterocycles. The highest BCUT2D eigenvalue weighted by atomic mass is 16.5. The van der Waals surface area contributed by atoms with Crippen molar-refractivity contribution in [3.63, 3.8) is 0 Å². The highest BCUT2D eigenvalue weighted by Gasteiger charge is 2.35. The van der Waals surface area contributed by atoms with Crippen LogP contribution in [0.25, 0.3) is 0 Å². The summed E-state index contributed by atoms with van der Waals surface area (Å²) in [6.07, 6.45) is 2.44. The SMILES string of the molecule is CCOc1ccc(NC(=O)C2CC(=O)N(CC3CCCO3)C2)cc1. The molecule has 6 heteroatoms. The van der Waals surface area contributed by atoms with E-state index in [-0.39, 0.29) is 30.3 Å². The van der Waals surface area contributed by atoms with Crippen molar-refractivity contribution in [2.24, 2.45) is 5.92 Å². The maximum Gasteiger partial charge on any atom is 0.229 e. The van der Waals surface area contributed by atoms with Crippen molar-refractivity contribution in [3.05, 3.63) is 24.3 Å². The molecular weight excluding hydrogens is 308 g/mol. The summed E-state index contributed by atoms with van der Waals surface area (Å²) in [7, 11) is 0. The number of likely N-dealkylation sites (tertiary alicyclic amines) is 1. The van der Waals surface area contributed by atoms with E-state index in [4.69, 9.17) is 9.47 Å². The number of nitrogens with one attached hydrogen (secondary N) is 1. The monoisotopic (exact) mass is 332 g/mol. The minimum Gasteiger partial charge on any atom is -0.494 e. The standard InChI is InChI=1S/C18H24N2O4/c1-2-23-15-7-5-14(6-8-15)19-18(22)13-10-17(21)20(11-13)12-16-4-3-9-24-16/h5-8,13,16H,2-4,9-12H2,1H3,(H,19,22). The van der Waals surface area contributed by atoms with E-state index in [1.54, 1.807) is 4.90 Å². The summed E-state index contributed by atoms with van der Waals surface area (Å²) in [6.45, 7) is 4.38. The predicted octanol–water partition coefficient (Wildman–Crippen LogP) is 2.05. The molecule has 0 aliphatic carbocycles. The number of benzene rings is 1. The number of carbonyl (C=O) groups excluding carboxylic acids is 2. The molecule has 0 bridgehead atoms. The van der Waals surface area contributed by atoms with Crippen LogP contribution in [0.3, 0.4) is 0 Å². The number of ether oxygens (including phenoxy) is 2. The van der Waals surface area contributed by atoms with Crippen LogP contribution in [0.4, 0.5) is 5.69 Å². The van der Waals surface area contributed by atoms with Gasteiger partial charge in [-0.05, 0) is 44.0 Å². The Bertz CT molecular complexity index is 581. The van der Waals surface area contributed by atoms with Crippen LogP contribution in [0, 0.1) is 5.92 Å². The number of amides is 2. The van der Waals surface area contributed by atoms with Crippen molar-refractivity contribution >= 4 is 17.5 Å². The first-order valence-corrected chi connectivity index (χ1v) is 8.59. The topological polar surface area (TPSA) is 67.9 Å². The van der Waals surface area contributed by atoms with Crippen molar-refractivity contribution < 1.29 is 19.1 Å². The smallest absolute Gasteiger partial charge is 0.229 e. The number of nitrogens with zero attached hydrogens (tertiary/aromatic N) is 1. The minimum atomic E-state index is -0.300. The lowest BCUT2D eigenvalue weighted by molar-refractivity contribution is -0.129. The Balaban J connectivity index is 1.52. The lowest BCUT2D eigenvalue weighted by Gasteiger charge is -2.20. The van der Waals surface area contributed by atoms with Gasteiger partial charge in [-0.1, -0.05) is 0 Å². The lowest BCUT2D eigenvalue weighted by atomic mass is 10.1. The number of carbonyl (C=O) groups is 2. The predicted molar refractivity (Wildman–Crippen MR) is 89.9 cm³/mol. The normalized spacial score (nSPS) is 23.5. The molecule has 2 heterocycles. The van der Waals surface area contributed by atoms with Crippen LogP contribution < -0.4 is 10.1 Å². The van der Waals surface area contributed by atoms with Gasteiger partial charge in [0.25, 0.3) is 0 Å². The second-order valence-electron chi connectivity index (χ2n) is 6.28. The summed E-state index contributed by atoms with van der Waals surface area (Å²) in [6, 6.07) is 7.26. The van der Waals surface area contributed by atoms with E-state index in [9.17, 15) is 9.59 Å². The molecule has 2 aliphatic rings. The van der Waals surface area contributed by atoms with E-state index in [1.165, 1.54) is 0 Å². The number of rotatable bonds is 6. The van der Waals surface area contributed by atoms with Crippen molar-refractivity contribution in [2.75, 3.05) is 31.6 Å². The molecular formula is C18H24N2O4. The van der Waals surface area contributed by atoms with Gasteiger partial charge >= 0.3 is 0 Å². The largest absolute Gasteiger partial charge is 0.494 e. The molecule has 130 valence electrons. The van der Waals surface area contributed by atoms with E-state index in [1.807, 2.05) is 31.2 Å². The van der Waals surface area contributed by atoms with E-state index >= 15 is 0 Å². The first-order chi connectivity index (χ1) is 11.7. The van der Waals surface area contributed by atoms with Gasteiger partial charge in [0.2, 0.25) is 11.8 Å². The van der Waals surface area contributed by atoms with Gasteiger partial charge in [0, 0.05) is 31.8 Å². The summed E-state index contributed by atoms with van der Waals surface area (Å²) in [5.74, 6) is 0.402. The van der Waals surface area contributed by atoms with Crippen LogP contribution in [0.15, 0.2) is 24.3 Å². The molecule has 2 unspecified atom stereocenters. The van der Waals surface area contributed by atoms with E-state index < -0.39 is 0 Å². The Hall–Kier alpha value is -2.08. The van der Waals surface area contributed by atoms with Gasteiger partial charge in [-0.3, -0.25) is 9.59 Å². The van der Waals surface area contributed by atoms with Gasteiger partial charge in [-0.2, -0.15) is 0 Å². The molecule has 0 aromatic heterocycles. The minimum absolute atomic E-state index is 0.0392. The van der Waals surface area contributed by atoms with E-state index in [0.29, 0.717) is 25.4 Å². The molecule has 6 nitrogen and oxygen atoms in total. The van der Waals surface area contributed by atoms with Crippen molar-refractivity contribution in [2.45, 2.75) is 32.3 Å². The quantitative estimate of drug-likeness (QED) is 0.866. The van der Waals surface area contributed by atoms with Crippen LogP contribution in [0.5, 0.6) is 5.75 Å². The third-order valence-electron chi connectivity index (χ3n) is 4.47. The summed E-state index contributed by atoms with van der Waals surface area (Å²) in [5, 5.41) is 2.88. The van der Waals surface area contributed by atoms with Gasteiger partial charge < -0.3 is 19.7 Å². The van der Waals surface area contributed by atoms with Crippen LogP contribution in [0.1, 0.15) is 26.2 Å². The highest BCUT2D eigenvalue weighted by molar-refractivity contribution is 5.97. The summed E-state index contributed by atoms with van der Waals surface area (Å²) >= 11 is 0. The molecule has 0 spiro atoms. The maximum absolute atomic E-state index is 12.4. The maximum atomic E-state index is 12.4. The summed E-state index contributed by atoms with van der Waals surface area (Å²) < 4.78 is 11.0. The van der Waals surface area contributed by atoms with Gasteiger partial charge in [-0.15, -0.1) is 0 Å². The Morgan fingerprint density at radius 1 is 1.38 bits per heavy atom. The van der Waals surface area contributed by atoms with E-state index in [2.05, 4.69) is 5.32 Å². The van der Waals surface area contributed by atoms with Gasteiger partial charge in [-0.25, -0.2) is 0 Å². The molecule has 2 atom stereocenters. The fourth-order valence-electron chi connectivity index (χ4n) is 3.20. The zero-order chi connectivity index (χ0) is 16.9. The average Bonchev–Trinajstić information content (AvgIpc) is 3.20. The van der Waals surface area contributed by atoms with E-state index in [0.717, 1.165) is 25.2 Å². The third-order valence-corrected chi connectivity index (χ3v) is 4.47. The number of hydrogen-bond acceptors (Lipinski definition) is 4. The van der Waals surface area contributed by atoms with Crippen molar-refractivity contribution in [1.29, 1.82) is 0 Å². The summed E-state index contributed by atoms with van der Waals surface area (Å²) in [4.78, 5) is 26.3. The van der Waals surface area contributed by atoms with Gasteiger partial charge in [0.05, 0.1) is 18.6 Å². The molecule has 3 rings (SSSR count). The Morgan fingerprint density at radius 3 is 2.83 bits per heavy atom. The Kier molecular flexibility index (Phi) is 5.35. The second kappa shape index (κ2) is 7.66. The molecule has 0 saturated carbocycles. The van der Waals surface area contributed by atoms with Crippen LogP contribution >= 0.6 is 0 Å². The van der Waals surface area contributed by atoms with Crippen LogP contribution in [0.2, 0.25) is 0 Å². The zero-order valence-electron chi connectivity index (χ0n) is 14.0. The first kappa shape index (κ1) is 16.8. The number of anilines is 1. The molecule has 24 heavy (non-hydrogen) atoms. The molecule has 2 fully saturated rings. The zero-order valence-corrected chi connectivity index (χ0v) is 14.0. The Morgan fingerprint density at radius 2 is 2.17 bits per heavy atom. The summed E-state index contributed by atoms with van der Waals surface area (Å²) in [5.41, 5.74) is 0.716. The number of hydrogen-bond donors (Lipinski definition) is 1. The molecule has 2 aliphatic heterocycles. The van der Waals surface area contributed by atoms with Crippen LogP contribution in [-0.2, 0) is 14.3 Å².